The van der Waals surface area contributed by atoms with Crippen molar-refractivity contribution in [2.24, 2.45) is 0 Å². The Balaban J connectivity index is 2.90. The monoisotopic (exact) mass is 156 g/mol. The fourth-order valence-corrected chi connectivity index (χ4v) is 0.649. The summed E-state index contributed by atoms with van der Waals surface area (Å²) in [6.07, 6.45) is -0.346. The normalized spacial score (nSPS) is 10.5. The number of H-pyrrole nitrogens is 1. The van der Waals surface area contributed by atoms with E-state index in [1.165, 1.54) is 13.1 Å². The van der Waals surface area contributed by atoms with Gasteiger partial charge < -0.3 is 15.2 Å². The van der Waals surface area contributed by atoms with Gasteiger partial charge in [0.05, 0.1) is 0 Å². The molecule has 0 radical (unpaired) electrons. The van der Waals surface area contributed by atoms with Crippen LogP contribution in [0.5, 0.6) is 0 Å². The summed E-state index contributed by atoms with van der Waals surface area (Å²) in [6.45, 7) is 1.34. The Morgan fingerprint density at radius 3 is 2.64 bits per heavy atom. The van der Waals surface area contributed by atoms with Crippen LogP contribution in [0, 0.1) is 0 Å². The third kappa shape index (κ3) is 1.63. The highest BCUT2D eigenvalue weighted by atomic mass is 16.5. The van der Waals surface area contributed by atoms with E-state index >= 15 is 0 Å². The minimum atomic E-state index is -1.63. The Labute approximate surface area is 62.7 Å². The second-order valence-corrected chi connectivity index (χ2v) is 2.10. The zero-order valence-corrected chi connectivity index (χ0v) is 5.90. The van der Waals surface area contributed by atoms with Crippen molar-refractivity contribution in [2.45, 2.75) is 13.2 Å². The predicted octanol–water partition coefficient (Wildman–Crippen LogP) is -0.404. The van der Waals surface area contributed by atoms with Crippen LogP contribution in [0.4, 0.5) is 0 Å². The standard InChI is InChI=1S/C6H8N2O3/c1-3(9)5-7-2-4(8-5)6(10)11/h2,6,10-11H,1H3,(H,7,8). The summed E-state index contributed by atoms with van der Waals surface area (Å²) < 4.78 is 0. The highest BCUT2D eigenvalue weighted by molar-refractivity contribution is 5.90. The van der Waals surface area contributed by atoms with E-state index in [0.29, 0.717) is 0 Å². The molecule has 0 aliphatic heterocycles. The summed E-state index contributed by atoms with van der Waals surface area (Å²) >= 11 is 0. The molecule has 0 saturated carbocycles. The maximum absolute atomic E-state index is 10.6. The summed E-state index contributed by atoms with van der Waals surface area (Å²) in [4.78, 5) is 16.7. The number of rotatable bonds is 2. The number of Topliss-reactive ketones (excluding diaryl/α,β-unsaturated/α-hetero) is 1. The van der Waals surface area contributed by atoms with Gasteiger partial charge in [0.25, 0.3) is 0 Å². The second-order valence-electron chi connectivity index (χ2n) is 2.10. The van der Waals surface area contributed by atoms with E-state index in [2.05, 4.69) is 9.97 Å². The average Bonchev–Trinajstić information content (AvgIpc) is 2.33. The molecule has 5 heteroatoms. The molecule has 1 rings (SSSR count). The molecule has 0 fully saturated rings. The SMILES string of the molecule is CC(=O)c1nc(C(O)O)c[nH]1. The Morgan fingerprint density at radius 2 is 2.36 bits per heavy atom. The summed E-state index contributed by atoms with van der Waals surface area (Å²) in [5.41, 5.74) is 0.0511. The van der Waals surface area contributed by atoms with Gasteiger partial charge in [0.15, 0.2) is 17.9 Å². The van der Waals surface area contributed by atoms with Gasteiger partial charge in [-0.1, -0.05) is 0 Å². The molecule has 0 aliphatic carbocycles. The number of carbonyl (C=O) groups is 1. The smallest absolute Gasteiger partial charge is 0.197 e. The molecule has 0 spiro atoms. The highest BCUT2D eigenvalue weighted by Gasteiger charge is 2.09. The van der Waals surface area contributed by atoms with Crippen molar-refractivity contribution < 1.29 is 15.0 Å². The molecular formula is C6H8N2O3. The summed E-state index contributed by atoms with van der Waals surface area (Å²) in [6, 6.07) is 0. The van der Waals surface area contributed by atoms with E-state index in [4.69, 9.17) is 10.2 Å². The van der Waals surface area contributed by atoms with E-state index in [9.17, 15) is 4.79 Å². The van der Waals surface area contributed by atoms with Gasteiger partial charge in [0.2, 0.25) is 0 Å². The molecule has 0 aromatic carbocycles. The zero-order valence-electron chi connectivity index (χ0n) is 5.90. The van der Waals surface area contributed by atoms with Crippen molar-refractivity contribution in [3.05, 3.63) is 17.7 Å². The molecule has 0 unspecified atom stereocenters. The lowest BCUT2D eigenvalue weighted by atomic mass is 10.4. The lowest BCUT2D eigenvalue weighted by Crippen LogP contribution is -1.98. The molecule has 1 aromatic rings. The van der Waals surface area contributed by atoms with Crippen LogP contribution in [-0.4, -0.2) is 26.0 Å². The number of aromatic nitrogens is 2. The third-order valence-electron chi connectivity index (χ3n) is 1.20. The van der Waals surface area contributed by atoms with E-state index in [0.717, 1.165) is 0 Å². The van der Waals surface area contributed by atoms with Gasteiger partial charge in [0.1, 0.15) is 5.69 Å². The van der Waals surface area contributed by atoms with Crippen LogP contribution in [0.25, 0.3) is 0 Å². The Bertz CT molecular complexity index is 267. The van der Waals surface area contributed by atoms with Crippen LogP contribution in [0.3, 0.4) is 0 Å². The molecule has 5 nitrogen and oxygen atoms in total. The van der Waals surface area contributed by atoms with Crippen LogP contribution in [0.15, 0.2) is 6.20 Å². The fourth-order valence-electron chi connectivity index (χ4n) is 0.649. The van der Waals surface area contributed by atoms with Gasteiger partial charge in [-0.25, -0.2) is 4.98 Å². The van der Waals surface area contributed by atoms with Crippen molar-refractivity contribution in [2.75, 3.05) is 0 Å². The van der Waals surface area contributed by atoms with Gasteiger partial charge in [-0.05, 0) is 0 Å². The Morgan fingerprint density at radius 1 is 1.73 bits per heavy atom. The second kappa shape index (κ2) is 2.81. The number of imidazole rings is 1. The molecule has 0 bridgehead atoms. The van der Waals surface area contributed by atoms with Crippen molar-refractivity contribution in [1.82, 2.24) is 9.97 Å². The first-order valence-corrected chi connectivity index (χ1v) is 3.03. The van der Waals surface area contributed by atoms with Crippen LogP contribution in [0.2, 0.25) is 0 Å². The molecule has 0 aliphatic rings. The number of aliphatic hydroxyl groups excluding tert-OH is 1. The minimum Gasteiger partial charge on any atom is -0.363 e. The Hall–Kier alpha value is -1.20. The van der Waals surface area contributed by atoms with Gasteiger partial charge in [0, 0.05) is 13.1 Å². The maximum atomic E-state index is 10.6. The quantitative estimate of drug-likeness (QED) is 0.401. The van der Waals surface area contributed by atoms with E-state index in [1.807, 2.05) is 0 Å². The van der Waals surface area contributed by atoms with Gasteiger partial charge in [-0.2, -0.15) is 0 Å². The number of aliphatic hydroxyl groups is 2. The number of hydrogen-bond acceptors (Lipinski definition) is 4. The number of aromatic amines is 1. The third-order valence-corrected chi connectivity index (χ3v) is 1.20. The maximum Gasteiger partial charge on any atom is 0.197 e. The number of nitrogens with zero attached hydrogens (tertiary/aromatic N) is 1. The largest absolute Gasteiger partial charge is 0.363 e. The molecule has 3 N–H and O–H groups in total. The van der Waals surface area contributed by atoms with Crippen LogP contribution in [-0.2, 0) is 0 Å². The highest BCUT2D eigenvalue weighted by Crippen LogP contribution is 2.05. The molecule has 1 heterocycles. The number of ketones is 1. The number of hydrogen-bond donors (Lipinski definition) is 3. The van der Waals surface area contributed by atoms with E-state index in [1.54, 1.807) is 0 Å². The zero-order chi connectivity index (χ0) is 8.43. The van der Waals surface area contributed by atoms with Crippen molar-refractivity contribution in [3.63, 3.8) is 0 Å². The van der Waals surface area contributed by atoms with Gasteiger partial charge in [-0.15, -0.1) is 0 Å². The first-order chi connectivity index (χ1) is 5.11. The van der Waals surface area contributed by atoms with Gasteiger partial charge >= 0.3 is 0 Å². The summed E-state index contributed by atoms with van der Waals surface area (Å²) in [5, 5.41) is 17.2. The Kier molecular flexibility index (Phi) is 2.02. The molecular weight excluding hydrogens is 148 g/mol. The minimum absolute atomic E-state index is 0.0511. The lowest BCUT2D eigenvalue weighted by Gasteiger charge is -1.93. The first-order valence-electron chi connectivity index (χ1n) is 3.03. The van der Waals surface area contributed by atoms with Crippen LogP contribution >= 0.6 is 0 Å². The average molecular weight is 156 g/mol. The van der Waals surface area contributed by atoms with E-state index in [-0.39, 0.29) is 17.3 Å². The molecule has 60 valence electrons. The fraction of sp³-hybridized carbons (Fsp3) is 0.333. The number of nitrogens with one attached hydrogen (secondary N) is 1. The lowest BCUT2D eigenvalue weighted by molar-refractivity contribution is -0.0455. The van der Waals surface area contributed by atoms with Gasteiger partial charge in [-0.3, -0.25) is 4.79 Å². The van der Waals surface area contributed by atoms with Crippen LogP contribution < -0.4 is 0 Å². The summed E-state index contributed by atoms with van der Waals surface area (Å²) in [7, 11) is 0. The number of carbonyl (C=O) groups excluding carboxylic acids is 1. The van der Waals surface area contributed by atoms with Crippen molar-refractivity contribution in [1.29, 1.82) is 0 Å². The van der Waals surface area contributed by atoms with Crippen LogP contribution in [0.1, 0.15) is 29.5 Å². The predicted molar refractivity (Wildman–Crippen MR) is 35.8 cm³/mol. The molecule has 0 atom stereocenters. The molecule has 11 heavy (non-hydrogen) atoms. The van der Waals surface area contributed by atoms with E-state index < -0.39 is 6.29 Å². The van der Waals surface area contributed by atoms with Crippen molar-refractivity contribution >= 4 is 5.78 Å². The molecule has 0 saturated heterocycles. The summed E-state index contributed by atoms with van der Waals surface area (Å²) in [5.74, 6) is -0.106. The van der Waals surface area contributed by atoms with Crippen molar-refractivity contribution in [3.8, 4) is 0 Å². The molecule has 1 aromatic heterocycles. The molecule has 0 amide bonds. The first kappa shape index (κ1) is 7.90. The topological polar surface area (TPSA) is 86.2 Å².